The second-order valence-corrected chi connectivity index (χ2v) is 7.93. The number of rotatable bonds is 3. The molecule has 6 N–H and O–H groups in total. The molecule has 0 radical (unpaired) electrons. The summed E-state index contributed by atoms with van der Waals surface area (Å²) >= 11 is 9.23. The third kappa shape index (κ3) is 2.66. The Hall–Kier alpha value is -1.20. The lowest BCUT2D eigenvalue weighted by molar-refractivity contribution is -0.317. The van der Waals surface area contributed by atoms with Crippen LogP contribution in [-0.2, 0) is 15.1 Å². The fourth-order valence-electron chi connectivity index (χ4n) is 3.15. The summed E-state index contributed by atoms with van der Waals surface area (Å²) in [5.74, 6) is -0.837. The van der Waals surface area contributed by atoms with Crippen LogP contribution in [-0.4, -0.2) is 59.8 Å². The molecule has 1 aliphatic rings. The zero-order chi connectivity index (χ0) is 20.0. The number of benzene rings is 1. The van der Waals surface area contributed by atoms with E-state index in [0.717, 1.165) is 0 Å². The molecule has 1 saturated heterocycles. The number of nitrogens with one attached hydrogen (secondary N) is 2. The van der Waals surface area contributed by atoms with Crippen molar-refractivity contribution in [3.05, 3.63) is 36.0 Å². The van der Waals surface area contributed by atoms with Crippen LogP contribution in [0.2, 0.25) is 0 Å². The molecule has 5 atom stereocenters. The van der Waals surface area contributed by atoms with Gasteiger partial charge < -0.3 is 35.5 Å². The van der Waals surface area contributed by atoms with E-state index in [0.29, 0.717) is 10.9 Å². The van der Waals surface area contributed by atoms with E-state index in [-0.39, 0.29) is 5.69 Å². The summed E-state index contributed by atoms with van der Waals surface area (Å²) in [7, 11) is 0. The van der Waals surface area contributed by atoms with Crippen LogP contribution in [0.5, 0.6) is 0 Å². The molecule has 1 aromatic carbocycles. The first-order chi connectivity index (χ1) is 12.6. The maximum Gasteiger partial charge on any atom is 0.217 e. The van der Waals surface area contributed by atoms with Crippen LogP contribution in [0.1, 0.15) is 14.0 Å². The van der Waals surface area contributed by atoms with Gasteiger partial charge in [-0.05, 0) is 33.4 Å². The van der Waals surface area contributed by atoms with Crippen molar-refractivity contribution in [2.45, 2.75) is 34.4 Å². The highest BCUT2D eigenvalue weighted by Crippen LogP contribution is 2.54. The summed E-state index contributed by atoms with van der Waals surface area (Å²) in [5.41, 5.74) is -1.97. The molecule has 0 spiro atoms. The lowest BCUT2D eigenvalue weighted by Crippen LogP contribution is -2.77. The molecular weight excluding hydrogens is 432 g/mol. The minimum absolute atomic E-state index is 0.0314. The zero-order valence-corrected chi connectivity index (χ0v) is 15.7. The Morgan fingerprint density at radius 3 is 2.81 bits per heavy atom. The lowest BCUT2D eigenvalue weighted by atomic mass is 9.79. The first kappa shape index (κ1) is 18.2. The van der Waals surface area contributed by atoms with E-state index in [9.17, 15) is 25.2 Å². The van der Waals surface area contributed by atoms with E-state index in [1.807, 2.05) is 0 Å². The average Bonchev–Trinajstić information content (AvgIpc) is 3.08. The lowest BCUT2D eigenvalue weighted by Gasteiger charge is -2.55. The number of amides is 1. The minimum atomic E-state index is -2.74. The Morgan fingerprint density at radius 1 is 1.50 bits per heavy atom. The zero-order valence-electron chi connectivity index (χ0n) is 14.3. The van der Waals surface area contributed by atoms with Gasteiger partial charge in [0.2, 0.25) is 11.0 Å². The first-order valence-electron chi connectivity index (χ1n) is 8.27. The minimum Gasteiger partial charge on any atom is -0.392 e. The number of H-pyrrole nitrogens is 1. The standard InChI is InChI=1S/C16H18BrClN2O6/c1-8(22)19-12-13(23)26-14(17,7-21)16(18,25)15(12,24)11-6-9-4-2-3-5-10(9)20-11/h2-6,12-13,20-21,23-25H,7H2,1H3,(H,19,22)/t12-,13?,14+,15+,16-/m0/s1/i1D. The molecule has 10 heteroatoms. The number of hydrogen-bond acceptors (Lipinski definition) is 6. The largest absolute Gasteiger partial charge is 0.392 e. The smallest absolute Gasteiger partial charge is 0.217 e. The summed E-state index contributed by atoms with van der Waals surface area (Å²) in [6.45, 7) is -1.60. The number of alkyl halides is 2. The van der Waals surface area contributed by atoms with Gasteiger partial charge in [0, 0.05) is 13.8 Å². The van der Waals surface area contributed by atoms with Crippen molar-refractivity contribution in [1.29, 1.82) is 0 Å². The van der Waals surface area contributed by atoms with Crippen molar-refractivity contribution < 1.29 is 31.3 Å². The molecule has 3 rings (SSSR count). The van der Waals surface area contributed by atoms with Crippen LogP contribution >= 0.6 is 27.5 Å². The number of ether oxygens (including phenoxy) is 1. The van der Waals surface area contributed by atoms with Gasteiger partial charge in [0.25, 0.3) is 0 Å². The van der Waals surface area contributed by atoms with Gasteiger partial charge in [0.15, 0.2) is 16.4 Å². The van der Waals surface area contributed by atoms with Crippen LogP contribution < -0.4 is 5.32 Å². The SMILES string of the molecule is [2H]CC(=O)N[C@H]1C(O)O[C@](Br)(CO)[C@@](O)(Cl)[C@@]1(O)c1cc2ccccc2[nH]1. The predicted molar refractivity (Wildman–Crippen MR) is 96.4 cm³/mol. The number of aromatic amines is 1. The van der Waals surface area contributed by atoms with Crippen molar-refractivity contribution in [3.63, 3.8) is 0 Å². The summed E-state index contributed by atoms with van der Waals surface area (Å²) in [5, 5.41) is 42.8. The second kappa shape index (κ2) is 6.45. The molecule has 0 bridgehead atoms. The van der Waals surface area contributed by atoms with Gasteiger partial charge >= 0.3 is 0 Å². The van der Waals surface area contributed by atoms with Crippen LogP contribution in [0.3, 0.4) is 0 Å². The Morgan fingerprint density at radius 2 is 2.19 bits per heavy atom. The van der Waals surface area contributed by atoms with Crippen LogP contribution in [0.15, 0.2) is 30.3 Å². The van der Waals surface area contributed by atoms with Gasteiger partial charge in [-0.3, -0.25) is 4.79 Å². The number of fused-ring (bicyclic) bond motifs is 1. The van der Waals surface area contributed by atoms with E-state index < -0.39 is 46.9 Å². The second-order valence-electron chi connectivity index (χ2n) is 6.10. The Bertz CT molecular complexity index is 833. The number of aliphatic hydroxyl groups is 4. The van der Waals surface area contributed by atoms with Crippen molar-refractivity contribution in [2.24, 2.45) is 0 Å². The van der Waals surface area contributed by atoms with Gasteiger partial charge in [-0.15, -0.1) is 0 Å². The fraction of sp³-hybridized carbons (Fsp3) is 0.438. The number of aromatic nitrogens is 1. The van der Waals surface area contributed by atoms with Gasteiger partial charge in [0.1, 0.15) is 6.04 Å². The van der Waals surface area contributed by atoms with Gasteiger partial charge in [0.05, 0.1) is 12.3 Å². The van der Waals surface area contributed by atoms with Gasteiger partial charge in [-0.25, -0.2) is 0 Å². The maximum atomic E-state index is 11.8. The normalized spacial score (nSPS) is 38.2. The van der Waals surface area contributed by atoms with E-state index in [1.54, 1.807) is 24.3 Å². The average molecular weight is 451 g/mol. The number of halogens is 2. The van der Waals surface area contributed by atoms with Gasteiger partial charge in [-0.2, -0.15) is 0 Å². The number of para-hydroxylation sites is 1. The molecule has 1 aliphatic heterocycles. The molecule has 26 heavy (non-hydrogen) atoms. The Labute approximate surface area is 163 Å². The molecule has 0 aliphatic carbocycles. The topological polar surface area (TPSA) is 135 Å². The van der Waals surface area contributed by atoms with Crippen molar-refractivity contribution in [2.75, 3.05) is 6.61 Å². The van der Waals surface area contributed by atoms with E-state index in [2.05, 4.69) is 26.2 Å². The van der Waals surface area contributed by atoms with Crippen LogP contribution in [0.4, 0.5) is 0 Å². The highest BCUT2D eigenvalue weighted by molar-refractivity contribution is 9.10. The highest BCUT2D eigenvalue weighted by Gasteiger charge is 2.72. The fourth-order valence-corrected chi connectivity index (χ4v) is 3.97. The molecule has 0 saturated carbocycles. The van der Waals surface area contributed by atoms with Crippen LogP contribution in [0, 0.1) is 0 Å². The quantitative estimate of drug-likeness (QED) is 0.370. The number of hydrogen-bond donors (Lipinski definition) is 6. The van der Waals surface area contributed by atoms with Crippen LogP contribution in [0.25, 0.3) is 10.9 Å². The molecule has 8 nitrogen and oxygen atoms in total. The molecule has 1 unspecified atom stereocenters. The van der Waals surface area contributed by atoms with Crippen molar-refractivity contribution >= 4 is 44.3 Å². The van der Waals surface area contributed by atoms with E-state index >= 15 is 0 Å². The molecule has 2 aromatic rings. The van der Waals surface area contributed by atoms with E-state index in [4.69, 9.17) is 17.7 Å². The predicted octanol–water partition coefficient (Wildman–Crippen LogP) is 0.220. The van der Waals surface area contributed by atoms with Gasteiger partial charge in [-0.1, -0.05) is 29.8 Å². The number of carbonyl (C=O) groups is 1. The summed E-state index contributed by atoms with van der Waals surface area (Å²) in [4.78, 5) is 14.7. The summed E-state index contributed by atoms with van der Waals surface area (Å²) in [6.07, 6.45) is -1.87. The maximum absolute atomic E-state index is 11.8. The first-order valence-corrected chi connectivity index (χ1v) is 8.74. The third-order valence-electron chi connectivity index (χ3n) is 4.50. The molecule has 1 fully saturated rings. The molecule has 1 aromatic heterocycles. The highest BCUT2D eigenvalue weighted by atomic mass is 79.9. The Balaban J connectivity index is 2.22. The summed E-state index contributed by atoms with van der Waals surface area (Å²) in [6, 6.07) is 6.81. The van der Waals surface area contributed by atoms with E-state index in [1.165, 1.54) is 6.07 Å². The van der Waals surface area contributed by atoms with Crippen molar-refractivity contribution in [1.82, 2.24) is 10.3 Å². The monoisotopic (exact) mass is 449 g/mol. The van der Waals surface area contributed by atoms with Crippen molar-refractivity contribution in [3.8, 4) is 0 Å². The number of carbonyl (C=O) groups excluding carboxylic acids is 1. The summed E-state index contributed by atoms with van der Waals surface area (Å²) < 4.78 is 10.2. The Kier molecular flexibility index (Phi) is 4.51. The molecule has 2 heterocycles. The third-order valence-corrected chi connectivity index (χ3v) is 6.34. The molecule has 1 amide bonds. The molecule has 142 valence electrons. The molecular formula is C16H18BrClN2O6. The number of aliphatic hydroxyl groups excluding tert-OH is 2.